The molecule has 1 N–H and O–H groups in total. The quantitative estimate of drug-likeness (QED) is 0.336. The highest BCUT2D eigenvalue weighted by molar-refractivity contribution is 6.52. The number of methoxy groups -OCH3 is 2. The lowest BCUT2D eigenvalue weighted by atomic mass is 9.99. The Morgan fingerprint density at radius 3 is 2.25 bits per heavy atom. The second-order valence-electron chi connectivity index (χ2n) is 7.16. The van der Waals surface area contributed by atoms with E-state index < -0.39 is 23.5 Å². The third-order valence-corrected chi connectivity index (χ3v) is 5.58. The number of Topliss-reactive ketones (excluding diaryl/α,β-unsaturated/α-hetero) is 1. The van der Waals surface area contributed by atoms with E-state index in [2.05, 4.69) is 0 Å². The number of nitrogens with zero attached hydrogens (tertiary/aromatic N) is 1. The number of amides is 1. The van der Waals surface area contributed by atoms with Crippen molar-refractivity contribution in [2.75, 3.05) is 19.1 Å². The Balaban J connectivity index is 1.93. The molecule has 1 aliphatic heterocycles. The molecule has 1 unspecified atom stereocenters. The molecule has 4 rings (SSSR count). The zero-order valence-corrected chi connectivity index (χ0v) is 18.3. The molecule has 2 aromatic carbocycles. The normalized spacial score (nSPS) is 17.6. The number of benzene rings is 2. The first-order chi connectivity index (χ1) is 15.3. The largest absolute Gasteiger partial charge is 0.507 e. The second kappa shape index (κ2) is 8.43. The number of aliphatic hydroxyl groups is 1. The van der Waals surface area contributed by atoms with Gasteiger partial charge in [-0.3, -0.25) is 14.5 Å². The van der Waals surface area contributed by atoms with Crippen LogP contribution in [0, 0.1) is 6.92 Å². The van der Waals surface area contributed by atoms with Gasteiger partial charge in [-0.15, -0.1) is 0 Å². The number of furan rings is 1. The molecule has 164 valence electrons. The summed E-state index contributed by atoms with van der Waals surface area (Å²) in [7, 11) is 3.01. The zero-order chi connectivity index (χ0) is 23.0. The van der Waals surface area contributed by atoms with Crippen molar-refractivity contribution in [1.82, 2.24) is 0 Å². The van der Waals surface area contributed by atoms with E-state index in [1.54, 1.807) is 55.5 Å². The molecule has 8 heteroatoms. The summed E-state index contributed by atoms with van der Waals surface area (Å²) in [6.07, 6.45) is 0. The van der Waals surface area contributed by atoms with Gasteiger partial charge >= 0.3 is 0 Å². The number of anilines is 1. The van der Waals surface area contributed by atoms with Crippen LogP contribution in [0.3, 0.4) is 0 Å². The van der Waals surface area contributed by atoms with Crippen LogP contribution >= 0.6 is 11.6 Å². The van der Waals surface area contributed by atoms with Crippen molar-refractivity contribution >= 4 is 34.7 Å². The molecule has 0 spiro atoms. The highest BCUT2D eigenvalue weighted by Crippen LogP contribution is 2.44. The van der Waals surface area contributed by atoms with Gasteiger partial charge in [0.05, 0.1) is 24.8 Å². The van der Waals surface area contributed by atoms with Crippen molar-refractivity contribution in [3.05, 3.63) is 82.3 Å². The summed E-state index contributed by atoms with van der Waals surface area (Å²) in [4.78, 5) is 27.5. The third-order valence-electron chi connectivity index (χ3n) is 5.25. The topological polar surface area (TPSA) is 89.2 Å². The Labute approximate surface area is 189 Å². The van der Waals surface area contributed by atoms with Gasteiger partial charge in [0.2, 0.25) is 0 Å². The maximum absolute atomic E-state index is 13.1. The fourth-order valence-corrected chi connectivity index (χ4v) is 3.88. The molecule has 7 nitrogen and oxygen atoms in total. The van der Waals surface area contributed by atoms with Crippen LogP contribution in [-0.4, -0.2) is 31.0 Å². The summed E-state index contributed by atoms with van der Waals surface area (Å²) in [6.45, 7) is 1.75. The smallest absolute Gasteiger partial charge is 0.300 e. The van der Waals surface area contributed by atoms with Crippen molar-refractivity contribution in [2.45, 2.75) is 13.0 Å². The van der Waals surface area contributed by atoms with Crippen LogP contribution < -0.4 is 14.4 Å². The molecule has 1 saturated heterocycles. The molecule has 1 aliphatic rings. The highest BCUT2D eigenvalue weighted by Gasteiger charge is 2.48. The number of rotatable bonds is 5. The number of ether oxygens (including phenoxy) is 2. The molecule has 3 aromatic rings. The van der Waals surface area contributed by atoms with Crippen molar-refractivity contribution in [1.29, 1.82) is 0 Å². The fraction of sp³-hybridized carbons (Fsp3) is 0.167. The maximum Gasteiger partial charge on any atom is 0.300 e. The van der Waals surface area contributed by atoms with Gasteiger partial charge in [0.25, 0.3) is 11.7 Å². The van der Waals surface area contributed by atoms with Crippen LogP contribution in [0.15, 0.2) is 64.6 Å². The number of ketones is 1. The summed E-state index contributed by atoms with van der Waals surface area (Å²) < 4.78 is 16.2. The van der Waals surface area contributed by atoms with E-state index in [0.717, 1.165) is 0 Å². The number of carbonyl (C=O) groups excluding carboxylic acids is 2. The van der Waals surface area contributed by atoms with Gasteiger partial charge in [0.1, 0.15) is 34.8 Å². The van der Waals surface area contributed by atoms with Gasteiger partial charge in [-0.1, -0.05) is 11.6 Å². The number of aryl methyl sites for hydroxylation is 1. The van der Waals surface area contributed by atoms with Gasteiger partial charge in [0, 0.05) is 11.3 Å². The van der Waals surface area contributed by atoms with E-state index in [1.165, 1.54) is 25.2 Å². The van der Waals surface area contributed by atoms with Crippen LogP contribution in [0.1, 0.15) is 23.1 Å². The van der Waals surface area contributed by atoms with Gasteiger partial charge < -0.3 is 19.0 Å². The Kier molecular flexibility index (Phi) is 5.67. The third kappa shape index (κ3) is 3.61. The van der Waals surface area contributed by atoms with Crippen LogP contribution in [0.4, 0.5) is 5.69 Å². The lowest BCUT2D eigenvalue weighted by Crippen LogP contribution is -2.29. The average molecular weight is 454 g/mol. The molecule has 1 aromatic heterocycles. The summed E-state index contributed by atoms with van der Waals surface area (Å²) in [5.41, 5.74) is 0.491. The van der Waals surface area contributed by atoms with Crippen LogP contribution in [0.5, 0.6) is 11.5 Å². The number of carbonyl (C=O) groups is 2. The lowest BCUT2D eigenvalue weighted by molar-refractivity contribution is -0.132. The molecule has 1 amide bonds. The Morgan fingerprint density at radius 2 is 1.66 bits per heavy atom. The predicted octanol–water partition coefficient (Wildman–Crippen LogP) is 4.88. The highest BCUT2D eigenvalue weighted by atomic mass is 35.5. The summed E-state index contributed by atoms with van der Waals surface area (Å²) in [6, 6.07) is 13.8. The predicted molar refractivity (Wildman–Crippen MR) is 119 cm³/mol. The first kappa shape index (κ1) is 21.5. The van der Waals surface area contributed by atoms with Crippen LogP contribution in [0.2, 0.25) is 5.02 Å². The minimum atomic E-state index is -0.987. The first-order valence-corrected chi connectivity index (χ1v) is 10.1. The average Bonchev–Trinajstić information content (AvgIpc) is 3.34. The standard InChI is InChI=1S/C24H20ClNO6/c1-13-4-11-19(32-13)21-20(22(27)17-12-16(31-3)9-10-18(17)25)23(28)24(29)26(21)14-5-7-15(30-2)8-6-14/h4-12,21,27H,1-3H3/b22-20+. The van der Waals surface area contributed by atoms with Crippen molar-refractivity contribution < 1.29 is 28.6 Å². The molecule has 32 heavy (non-hydrogen) atoms. The molecule has 2 heterocycles. The van der Waals surface area contributed by atoms with Gasteiger partial charge in [-0.25, -0.2) is 0 Å². The first-order valence-electron chi connectivity index (χ1n) is 9.71. The molecule has 0 saturated carbocycles. The number of hydrogen-bond acceptors (Lipinski definition) is 6. The summed E-state index contributed by atoms with van der Waals surface area (Å²) >= 11 is 6.30. The zero-order valence-electron chi connectivity index (χ0n) is 17.6. The van der Waals surface area contributed by atoms with Gasteiger partial charge in [-0.2, -0.15) is 0 Å². The Hall–Kier alpha value is -3.71. The van der Waals surface area contributed by atoms with E-state index in [1.807, 2.05) is 0 Å². The molecule has 0 aliphatic carbocycles. The summed E-state index contributed by atoms with van der Waals surface area (Å²) in [5, 5.41) is 11.4. The Morgan fingerprint density at radius 1 is 1.00 bits per heavy atom. The Bertz CT molecular complexity index is 1230. The van der Waals surface area contributed by atoms with E-state index in [0.29, 0.717) is 28.7 Å². The number of hydrogen-bond donors (Lipinski definition) is 1. The van der Waals surface area contributed by atoms with E-state index in [9.17, 15) is 14.7 Å². The van der Waals surface area contributed by atoms with Crippen molar-refractivity contribution in [3.63, 3.8) is 0 Å². The molecule has 0 radical (unpaired) electrons. The fourth-order valence-electron chi connectivity index (χ4n) is 3.67. The minimum Gasteiger partial charge on any atom is -0.507 e. The van der Waals surface area contributed by atoms with Crippen molar-refractivity contribution in [3.8, 4) is 11.5 Å². The second-order valence-corrected chi connectivity index (χ2v) is 7.57. The molecule has 1 atom stereocenters. The van der Waals surface area contributed by atoms with E-state index in [-0.39, 0.29) is 16.2 Å². The molecule has 1 fully saturated rings. The van der Waals surface area contributed by atoms with Crippen LogP contribution in [0.25, 0.3) is 5.76 Å². The lowest BCUT2D eigenvalue weighted by Gasteiger charge is -2.23. The molecule has 0 bridgehead atoms. The SMILES string of the molecule is COc1ccc(N2C(=O)C(=O)/C(=C(/O)c3cc(OC)ccc3Cl)C2c2ccc(C)o2)cc1. The maximum atomic E-state index is 13.1. The van der Waals surface area contributed by atoms with Crippen molar-refractivity contribution in [2.24, 2.45) is 0 Å². The van der Waals surface area contributed by atoms with Gasteiger partial charge in [0.15, 0.2) is 0 Å². The monoisotopic (exact) mass is 453 g/mol. The number of halogens is 1. The summed E-state index contributed by atoms with van der Waals surface area (Å²) in [5.74, 6) is -0.101. The van der Waals surface area contributed by atoms with E-state index in [4.69, 9.17) is 25.5 Å². The number of aliphatic hydroxyl groups excluding tert-OH is 1. The van der Waals surface area contributed by atoms with Crippen LogP contribution in [-0.2, 0) is 9.59 Å². The molecular weight excluding hydrogens is 434 g/mol. The van der Waals surface area contributed by atoms with Gasteiger partial charge in [-0.05, 0) is 61.5 Å². The van der Waals surface area contributed by atoms with E-state index >= 15 is 0 Å². The minimum absolute atomic E-state index is 0.129. The molecular formula is C24H20ClNO6.